The van der Waals surface area contributed by atoms with Crippen LogP contribution in [0.5, 0.6) is 0 Å². The summed E-state index contributed by atoms with van der Waals surface area (Å²) < 4.78 is 28.1. The summed E-state index contributed by atoms with van der Waals surface area (Å²) in [5.74, 6) is 0. The Bertz CT molecular complexity index is 713. The van der Waals surface area contributed by atoms with Crippen LogP contribution in [-0.4, -0.2) is 29.3 Å². The van der Waals surface area contributed by atoms with Crippen LogP contribution >= 0.6 is 11.6 Å². The fourth-order valence-corrected chi connectivity index (χ4v) is 3.22. The molecule has 2 atom stereocenters. The number of sulfonamides is 1. The van der Waals surface area contributed by atoms with E-state index < -0.39 is 22.2 Å². The lowest BCUT2D eigenvalue weighted by molar-refractivity contribution is 0.146. The highest BCUT2D eigenvalue weighted by Crippen LogP contribution is 2.20. The van der Waals surface area contributed by atoms with Gasteiger partial charge >= 0.3 is 0 Å². The summed E-state index contributed by atoms with van der Waals surface area (Å²) in [6, 6.07) is 5.89. The number of aryl methyl sites for hydroxylation is 1. The molecule has 0 spiro atoms. The van der Waals surface area contributed by atoms with Crippen molar-refractivity contribution in [1.82, 2.24) is 14.5 Å². The van der Waals surface area contributed by atoms with Crippen molar-refractivity contribution >= 4 is 21.6 Å². The molecule has 2 N–H and O–H groups in total. The Kier molecular flexibility index (Phi) is 4.67. The van der Waals surface area contributed by atoms with Crippen LogP contribution in [0.15, 0.2) is 41.6 Å². The van der Waals surface area contributed by atoms with Gasteiger partial charge in [0.25, 0.3) is 0 Å². The first-order chi connectivity index (χ1) is 9.79. The molecule has 0 amide bonds. The summed E-state index contributed by atoms with van der Waals surface area (Å²) in [7, 11) is -2.09. The highest BCUT2D eigenvalue weighted by Gasteiger charge is 2.24. The van der Waals surface area contributed by atoms with Gasteiger partial charge in [-0.3, -0.25) is 4.68 Å². The Balaban J connectivity index is 2.13. The monoisotopic (exact) mass is 329 g/mol. The molecule has 2 aromatic rings. The molecule has 0 saturated carbocycles. The zero-order valence-corrected chi connectivity index (χ0v) is 13.1. The molecule has 0 unspecified atom stereocenters. The number of aliphatic hydroxyl groups is 1. The van der Waals surface area contributed by atoms with E-state index in [9.17, 15) is 13.5 Å². The molecular weight excluding hydrogens is 314 g/mol. The van der Waals surface area contributed by atoms with Gasteiger partial charge in [0, 0.05) is 24.3 Å². The highest BCUT2D eigenvalue weighted by molar-refractivity contribution is 7.89. The van der Waals surface area contributed by atoms with Crippen LogP contribution in [0.3, 0.4) is 0 Å². The second-order valence-corrected chi connectivity index (χ2v) is 6.91. The van der Waals surface area contributed by atoms with Crippen molar-refractivity contribution in [3.8, 4) is 0 Å². The van der Waals surface area contributed by atoms with Crippen LogP contribution in [0.4, 0.5) is 0 Å². The number of aliphatic hydroxyl groups excluding tert-OH is 1. The number of benzene rings is 1. The zero-order chi connectivity index (χ0) is 15.6. The molecule has 0 aliphatic rings. The van der Waals surface area contributed by atoms with Gasteiger partial charge in [0.2, 0.25) is 10.0 Å². The third-order valence-corrected chi connectivity index (χ3v) is 4.78. The summed E-state index contributed by atoms with van der Waals surface area (Å²) >= 11 is 5.78. The van der Waals surface area contributed by atoms with Crippen molar-refractivity contribution < 1.29 is 13.5 Å². The molecule has 21 heavy (non-hydrogen) atoms. The van der Waals surface area contributed by atoms with Gasteiger partial charge in [-0.05, 0) is 24.6 Å². The molecule has 2 rings (SSSR count). The molecule has 1 aromatic heterocycles. The van der Waals surface area contributed by atoms with E-state index in [1.54, 1.807) is 38.2 Å². The number of hydrogen-bond donors (Lipinski definition) is 2. The summed E-state index contributed by atoms with van der Waals surface area (Å²) in [5, 5.41) is 14.6. The zero-order valence-electron chi connectivity index (χ0n) is 11.6. The molecule has 6 nitrogen and oxygen atoms in total. The van der Waals surface area contributed by atoms with Crippen LogP contribution in [0.1, 0.15) is 18.6 Å². The predicted molar refractivity (Wildman–Crippen MR) is 79.4 cm³/mol. The number of halogens is 1. The van der Waals surface area contributed by atoms with E-state index in [0.717, 1.165) is 0 Å². The van der Waals surface area contributed by atoms with E-state index >= 15 is 0 Å². The smallest absolute Gasteiger partial charge is 0.244 e. The highest BCUT2D eigenvalue weighted by atomic mass is 35.5. The average molecular weight is 330 g/mol. The normalized spacial score (nSPS) is 14.9. The topological polar surface area (TPSA) is 84.2 Å². The molecule has 0 fully saturated rings. The van der Waals surface area contributed by atoms with Crippen molar-refractivity contribution in [1.29, 1.82) is 0 Å². The van der Waals surface area contributed by atoms with Crippen molar-refractivity contribution in [3.05, 3.63) is 47.2 Å². The number of nitrogens with one attached hydrogen (secondary N) is 1. The van der Waals surface area contributed by atoms with Crippen LogP contribution in [-0.2, 0) is 17.1 Å². The minimum absolute atomic E-state index is 0.0557. The summed E-state index contributed by atoms with van der Waals surface area (Å²) in [6.45, 7) is 1.59. The summed E-state index contributed by atoms with van der Waals surface area (Å²) in [6.07, 6.45) is 1.67. The first kappa shape index (κ1) is 16.0. The van der Waals surface area contributed by atoms with Crippen molar-refractivity contribution in [2.45, 2.75) is 24.0 Å². The molecule has 8 heteroatoms. The second kappa shape index (κ2) is 6.15. The Morgan fingerprint density at radius 3 is 2.48 bits per heavy atom. The van der Waals surface area contributed by atoms with E-state index in [1.165, 1.54) is 17.1 Å². The van der Waals surface area contributed by atoms with Gasteiger partial charge in [-0.25, -0.2) is 13.1 Å². The van der Waals surface area contributed by atoms with E-state index in [-0.39, 0.29) is 4.90 Å². The maximum atomic E-state index is 12.1. The van der Waals surface area contributed by atoms with Crippen LogP contribution < -0.4 is 4.72 Å². The summed E-state index contributed by atoms with van der Waals surface area (Å²) in [4.78, 5) is 0.0557. The lowest BCUT2D eigenvalue weighted by atomic mass is 10.0. The molecular formula is C13H16ClN3O3S. The maximum absolute atomic E-state index is 12.1. The number of nitrogens with zero attached hydrogens (tertiary/aromatic N) is 2. The van der Waals surface area contributed by atoms with E-state index in [1.807, 2.05) is 0 Å². The van der Waals surface area contributed by atoms with Gasteiger partial charge < -0.3 is 5.11 Å². The third-order valence-electron chi connectivity index (χ3n) is 3.02. The number of hydrogen-bond acceptors (Lipinski definition) is 4. The quantitative estimate of drug-likeness (QED) is 0.870. The fourth-order valence-electron chi connectivity index (χ4n) is 1.86. The number of rotatable bonds is 5. The first-order valence-corrected chi connectivity index (χ1v) is 8.10. The predicted octanol–water partition coefficient (Wildman–Crippen LogP) is 1.47. The fraction of sp³-hybridized carbons (Fsp3) is 0.308. The van der Waals surface area contributed by atoms with Gasteiger partial charge in [-0.2, -0.15) is 5.10 Å². The van der Waals surface area contributed by atoms with Crippen LogP contribution in [0, 0.1) is 0 Å². The standard InChI is InChI=1S/C13H16ClN3O3S/c1-9(13(18)10-3-5-11(14)6-4-10)16-21(19,20)12-7-15-17(2)8-12/h3-9,13,16,18H,1-2H3/t9-,13+/m0/s1. The summed E-state index contributed by atoms with van der Waals surface area (Å²) in [5.41, 5.74) is 0.584. The average Bonchev–Trinajstić information content (AvgIpc) is 2.86. The first-order valence-electron chi connectivity index (χ1n) is 6.24. The van der Waals surface area contributed by atoms with Crippen molar-refractivity contribution in [2.75, 3.05) is 0 Å². The lowest BCUT2D eigenvalue weighted by Gasteiger charge is -2.20. The van der Waals surface area contributed by atoms with E-state index in [4.69, 9.17) is 11.6 Å². The molecule has 0 radical (unpaired) electrons. The largest absolute Gasteiger partial charge is 0.387 e. The lowest BCUT2D eigenvalue weighted by Crippen LogP contribution is -2.36. The van der Waals surface area contributed by atoms with E-state index in [2.05, 4.69) is 9.82 Å². The molecule has 0 bridgehead atoms. The molecule has 0 saturated heterocycles. The Morgan fingerprint density at radius 2 is 1.95 bits per heavy atom. The SMILES string of the molecule is C[C@H](NS(=O)(=O)c1cnn(C)c1)[C@@H](O)c1ccc(Cl)cc1. The van der Waals surface area contributed by atoms with Gasteiger partial charge in [-0.15, -0.1) is 0 Å². The van der Waals surface area contributed by atoms with E-state index in [0.29, 0.717) is 10.6 Å². The van der Waals surface area contributed by atoms with Gasteiger partial charge in [-0.1, -0.05) is 23.7 Å². The molecule has 1 heterocycles. The molecule has 114 valence electrons. The Labute approximate surface area is 128 Å². The maximum Gasteiger partial charge on any atom is 0.244 e. The van der Waals surface area contributed by atoms with Gasteiger partial charge in [0.1, 0.15) is 4.90 Å². The Morgan fingerprint density at radius 1 is 1.33 bits per heavy atom. The van der Waals surface area contributed by atoms with Crippen molar-refractivity contribution in [3.63, 3.8) is 0 Å². The molecule has 1 aromatic carbocycles. The van der Waals surface area contributed by atoms with Gasteiger partial charge in [0.05, 0.1) is 12.3 Å². The molecule has 0 aliphatic heterocycles. The van der Waals surface area contributed by atoms with Gasteiger partial charge in [0.15, 0.2) is 0 Å². The molecule has 0 aliphatic carbocycles. The van der Waals surface area contributed by atoms with Crippen molar-refractivity contribution in [2.24, 2.45) is 7.05 Å². The minimum atomic E-state index is -3.72. The Hall–Kier alpha value is -1.41. The minimum Gasteiger partial charge on any atom is -0.387 e. The number of aromatic nitrogens is 2. The van der Waals surface area contributed by atoms with Crippen LogP contribution in [0.25, 0.3) is 0 Å². The van der Waals surface area contributed by atoms with Crippen LogP contribution in [0.2, 0.25) is 5.02 Å². The second-order valence-electron chi connectivity index (χ2n) is 4.76. The third kappa shape index (κ3) is 3.82.